The maximum Gasteiger partial charge on any atom is 0.333 e. The van der Waals surface area contributed by atoms with Gasteiger partial charge in [0.15, 0.2) is 0 Å². The Morgan fingerprint density at radius 3 is 2.90 bits per heavy atom. The summed E-state index contributed by atoms with van der Waals surface area (Å²) in [6.45, 7) is 9.15. The lowest BCUT2D eigenvalue weighted by Crippen LogP contribution is -2.42. The van der Waals surface area contributed by atoms with Crippen molar-refractivity contribution in [2.24, 2.45) is 5.41 Å². The Balaban J connectivity index is 2.17. The lowest BCUT2D eigenvalue weighted by Gasteiger charge is -2.34. The van der Waals surface area contributed by atoms with Crippen LogP contribution in [-0.4, -0.2) is 34.3 Å². The van der Waals surface area contributed by atoms with Gasteiger partial charge in [0, 0.05) is 19.6 Å². The number of nitrogens with zero attached hydrogens (tertiary/aromatic N) is 3. The van der Waals surface area contributed by atoms with Gasteiger partial charge in [-0.2, -0.15) is 5.10 Å². The maximum absolute atomic E-state index is 11.2. The van der Waals surface area contributed by atoms with E-state index >= 15 is 0 Å². The Morgan fingerprint density at radius 2 is 2.35 bits per heavy atom. The van der Waals surface area contributed by atoms with Gasteiger partial charge in [-0.25, -0.2) is 4.68 Å². The van der Waals surface area contributed by atoms with E-state index in [-0.39, 0.29) is 16.0 Å². The Labute approximate surface area is 118 Å². The van der Waals surface area contributed by atoms with Gasteiger partial charge in [0.2, 0.25) is 5.82 Å². The van der Waals surface area contributed by atoms with Crippen molar-refractivity contribution in [1.29, 1.82) is 0 Å². The molecule has 1 aromatic heterocycles. The van der Waals surface area contributed by atoms with Crippen LogP contribution in [0, 0.1) is 22.5 Å². The van der Waals surface area contributed by atoms with Crippen LogP contribution in [0.2, 0.25) is 0 Å². The molecule has 1 fully saturated rings. The SMILES string of the molecule is CCn1nc(C)c([N+](=O)[O-])c1NCC1(C)CCCNC1. The fraction of sp³-hybridized carbons (Fsp3) is 0.769. The molecule has 20 heavy (non-hydrogen) atoms. The molecule has 1 atom stereocenters. The van der Waals surface area contributed by atoms with Gasteiger partial charge in [-0.15, -0.1) is 0 Å². The molecule has 2 N–H and O–H groups in total. The third kappa shape index (κ3) is 2.92. The van der Waals surface area contributed by atoms with Crippen LogP contribution in [0.15, 0.2) is 0 Å². The average Bonchev–Trinajstić information content (AvgIpc) is 2.73. The number of nitrogens with one attached hydrogen (secondary N) is 2. The fourth-order valence-corrected chi connectivity index (χ4v) is 2.76. The minimum Gasteiger partial charge on any atom is -0.364 e. The van der Waals surface area contributed by atoms with Crippen LogP contribution in [0.5, 0.6) is 0 Å². The molecule has 0 aromatic carbocycles. The standard InChI is InChI=1S/C13H23N5O2/c1-4-17-12(11(18(19)20)10(2)16-17)15-9-13(3)6-5-7-14-8-13/h14-15H,4-9H2,1-3H3. The van der Waals surface area contributed by atoms with E-state index in [1.54, 1.807) is 11.6 Å². The first-order valence-electron chi connectivity index (χ1n) is 7.13. The van der Waals surface area contributed by atoms with Gasteiger partial charge in [-0.1, -0.05) is 6.92 Å². The molecule has 1 unspecified atom stereocenters. The number of aromatic nitrogens is 2. The molecule has 2 rings (SSSR count). The largest absolute Gasteiger partial charge is 0.364 e. The van der Waals surface area contributed by atoms with Gasteiger partial charge in [-0.3, -0.25) is 10.1 Å². The second-order valence-electron chi connectivity index (χ2n) is 5.80. The van der Waals surface area contributed by atoms with Crippen LogP contribution in [-0.2, 0) is 6.54 Å². The number of aryl methyl sites for hydroxylation is 2. The number of hydrogen-bond donors (Lipinski definition) is 2. The highest BCUT2D eigenvalue weighted by molar-refractivity contribution is 5.59. The van der Waals surface area contributed by atoms with Crippen LogP contribution in [0.1, 0.15) is 32.4 Å². The molecule has 1 aromatic rings. The van der Waals surface area contributed by atoms with Crippen molar-refractivity contribution in [1.82, 2.24) is 15.1 Å². The molecule has 0 amide bonds. The van der Waals surface area contributed by atoms with Crippen molar-refractivity contribution in [3.8, 4) is 0 Å². The Morgan fingerprint density at radius 1 is 1.60 bits per heavy atom. The summed E-state index contributed by atoms with van der Waals surface area (Å²) in [6.07, 6.45) is 2.27. The number of rotatable bonds is 5. The molecule has 0 bridgehead atoms. The first-order valence-corrected chi connectivity index (χ1v) is 7.13. The number of anilines is 1. The third-order valence-corrected chi connectivity index (χ3v) is 3.95. The van der Waals surface area contributed by atoms with Crippen molar-refractivity contribution < 1.29 is 4.92 Å². The lowest BCUT2D eigenvalue weighted by molar-refractivity contribution is -0.384. The van der Waals surface area contributed by atoms with E-state index in [9.17, 15) is 10.1 Å². The van der Waals surface area contributed by atoms with E-state index in [4.69, 9.17) is 0 Å². The summed E-state index contributed by atoms with van der Waals surface area (Å²) in [5.41, 5.74) is 0.688. The van der Waals surface area contributed by atoms with Crippen LogP contribution >= 0.6 is 0 Å². The molecule has 2 heterocycles. The molecule has 0 radical (unpaired) electrons. The Hall–Kier alpha value is -1.63. The van der Waals surface area contributed by atoms with E-state index in [1.807, 2.05) is 6.92 Å². The van der Waals surface area contributed by atoms with Crippen molar-refractivity contribution >= 4 is 11.5 Å². The van der Waals surface area contributed by atoms with Gasteiger partial charge >= 0.3 is 5.69 Å². The zero-order valence-electron chi connectivity index (χ0n) is 12.4. The molecular formula is C13H23N5O2. The number of piperidine rings is 1. The smallest absolute Gasteiger partial charge is 0.333 e. The molecule has 7 heteroatoms. The summed E-state index contributed by atoms with van der Waals surface area (Å²) < 4.78 is 1.67. The highest BCUT2D eigenvalue weighted by atomic mass is 16.6. The molecule has 112 valence electrons. The molecule has 0 saturated carbocycles. The molecule has 7 nitrogen and oxygen atoms in total. The maximum atomic E-state index is 11.2. The Kier molecular flexibility index (Phi) is 4.27. The molecule has 1 aliphatic rings. The van der Waals surface area contributed by atoms with E-state index in [1.165, 1.54) is 0 Å². The van der Waals surface area contributed by atoms with Gasteiger partial charge in [-0.05, 0) is 38.6 Å². The van der Waals surface area contributed by atoms with E-state index in [2.05, 4.69) is 22.7 Å². The van der Waals surface area contributed by atoms with Crippen molar-refractivity contribution in [3.63, 3.8) is 0 Å². The van der Waals surface area contributed by atoms with Crippen molar-refractivity contribution in [2.75, 3.05) is 25.0 Å². The first-order chi connectivity index (χ1) is 9.47. The summed E-state index contributed by atoms with van der Waals surface area (Å²) in [6, 6.07) is 0. The highest BCUT2D eigenvalue weighted by Gasteiger charge is 2.30. The molecule has 0 aliphatic carbocycles. The molecule has 0 spiro atoms. The van der Waals surface area contributed by atoms with Gasteiger partial charge in [0.25, 0.3) is 0 Å². The lowest BCUT2D eigenvalue weighted by atomic mass is 9.83. The summed E-state index contributed by atoms with van der Waals surface area (Å²) in [4.78, 5) is 10.9. The third-order valence-electron chi connectivity index (χ3n) is 3.95. The van der Waals surface area contributed by atoms with Crippen molar-refractivity contribution in [3.05, 3.63) is 15.8 Å². The van der Waals surface area contributed by atoms with Gasteiger partial charge in [0.1, 0.15) is 5.69 Å². The minimum atomic E-state index is -0.349. The molecular weight excluding hydrogens is 258 g/mol. The predicted molar refractivity (Wildman–Crippen MR) is 78.0 cm³/mol. The molecule has 1 aliphatic heterocycles. The fourth-order valence-electron chi connectivity index (χ4n) is 2.76. The van der Waals surface area contributed by atoms with Crippen LogP contribution < -0.4 is 10.6 Å². The first kappa shape index (κ1) is 14.8. The second kappa shape index (κ2) is 5.78. The summed E-state index contributed by atoms with van der Waals surface area (Å²) in [7, 11) is 0. The van der Waals surface area contributed by atoms with E-state index < -0.39 is 0 Å². The quantitative estimate of drug-likeness (QED) is 0.636. The zero-order valence-corrected chi connectivity index (χ0v) is 12.4. The summed E-state index contributed by atoms with van der Waals surface area (Å²) in [5, 5.41) is 22.1. The van der Waals surface area contributed by atoms with Crippen LogP contribution in [0.4, 0.5) is 11.5 Å². The highest BCUT2D eigenvalue weighted by Crippen LogP contribution is 2.31. The zero-order chi connectivity index (χ0) is 14.8. The van der Waals surface area contributed by atoms with Gasteiger partial charge in [0.05, 0.1) is 4.92 Å². The summed E-state index contributed by atoms with van der Waals surface area (Å²) in [5.74, 6) is 0.529. The number of nitro groups is 1. The summed E-state index contributed by atoms with van der Waals surface area (Å²) >= 11 is 0. The normalized spacial score (nSPS) is 22.8. The topological polar surface area (TPSA) is 85.0 Å². The monoisotopic (exact) mass is 281 g/mol. The van der Waals surface area contributed by atoms with Crippen LogP contribution in [0.3, 0.4) is 0 Å². The van der Waals surface area contributed by atoms with Gasteiger partial charge < -0.3 is 10.6 Å². The van der Waals surface area contributed by atoms with Crippen LogP contribution in [0.25, 0.3) is 0 Å². The number of hydrogen-bond acceptors (Lipinski definition) is 5. The molecule has 1 saturated heterocycles. The Bertz CT molecular complexity index is 491. The minimum absolute atomic E-state index is 0.0965. The average molecular weight is 281 g/mol. The van der Waals surface area contributed by atoms with E-state index in [0.29, 0.717) is 24.6 Å². The predicted octanol–water partition coefficient (Wildman–Crippen LogP) is 1.92. The van der Waals surface area contributed by atoms with E-state index in [0.717, 1.165) is 25.9 Å². The second-order valence-corrected chi connectivity index (χ2v) is 5.80. The van der Waals surface area contributed by atoms with Crippen molar-refractivity contribution in [2.45, 2.75) is 40.2 Å².